The molecule has 5 heteroatoms. The van der Waals surface area contributed by atoms with Crippen molar-refractivity contribution in [1.29, 1.82) is 0 Å². The summed E-state index contributed by atoms with van der Waals surface area (Å²) in [5.74, 6) is 0.0703. The Morgan fingerprint density at radius 2 is 2.00 bits per heavy atom. The zero-order valence-corrected chi connectivity index (χ0v) is 9.91. The van der Waals surface area contributed by atoms with E-state index in [2.05, 4.69) is 0 Å². The number of ether oxygens (including phenoxy) is 1. The highest BCUT2D eigenvalue weighted by Crippen LogP contribution is 2.29. The minimum atomic E-state index is -0.230. The molecule has 1 amide bonds. The summed E-state index contributed by atoms with van der Waals surface area (Å²) in [5, 5.41) is -0.230. The maximum atomic E-state index is 11.6. The van der Waals surface area contributed by atoms with Crippen molar-refractivity contribution in [2.75, 3.05) is 19.8 Å². The van der Waals surface area contributed by atoms with E-state index in [-0.39, 0.29) is 29.7 Å². The van der Waals surface area contributed by atoms with Crippen LogP contribution in [0.1, 0.15) is 25.7 Å². The molecule has 0 N–H and O–H groups in total. The van der Waals surface area contributed by atoms with Gasteiger partial charge in [0, 0.05) is 18.5 Å². The molecule has 0 aromatic carbocycles. The molecule has 4 nitrogen and oxygen atoms in total. The molecule has 2 fully saturated rings. The number of hydrogen-bond acceptors (Lipinski definition) is 3. The van der Waals surface area contributed by atoms with Crippen molar-refractivity contribution in [1.82, 2.24) is 4.90 Å². The summed E-state index contributed by atoms with van der Waals surface area (Å²) in [6, 6.07) is 0.281. The average Bonchev–Trinajstić information content (AvgIpc) is 2.30. The molecule has 1 saturated carbocycles. The topological polar surface area (TPSA) is 46.6 Å². The first kappa shape index (κ1) is 11.9. The molecule has 90 valence electrons. The lowest BCUT2D eigenvalue weighted by atomic mass is 9.86. The van der Waals surface area contributed by atoms with Gasteiger partial charge < -0.3 is 9.64 Å². The Morgan fingerprint density at radius 3 is 2.56 bits per heavy atom. The van der Waals surface area contributed by atoms with Gasteiger partial charge >= 0.3 is 0 Å². The molecule has 1 saturated heterocycles. The highest BCUT2D eigenvalue weighted by molar-refractivity contribution is 6.63. The highest BCUT2D eigenvalue weighted by Gasteiger charge is 2.32. The van der Waals surface area contributed by atoms with Crippen LogP contribution in [0.5, 0.6) is 0 Å². The summed E-state index contributed by atoms with van der Waals surface area (Å²) in [4.78, 5) is 24.5. The minimum absolute atomic E-state index is 0.00550. The quantitative estimate of drug-likeness (QED) is 0.686. The molecule has 1 aliphatic heterocycles. The number of carbonyl (C=O) groups is 2. The van der Waals surface area contributed by atoms with E-state index >= 15 is 0 Å². The van der Waals surface area contributed by atoms with Gasteiger partial charge in [-0.25, -0.2) is 0 Å². The van der Waals surface area contributed by atoms with Gasteiger partial charge in [-0.15, -0.1) is 0 Å². The van der Waals surface area contributed by atoms with E-state index in [9.17, 15) is 9.59 Å². The molecular weight excluding hydrogens is 230 g/mol. The zero-order chi connectivity index (χ0) is 11.5. The third kappa shape index (κ3) is 2.55. The van der Waals surface area contributed by atoms with E-state index in [0.29, 0.717) is 13.2 Å². The molecule has 16 heavy (non-hydrogen) atoms. The molecule has 2 aliphatic rings. The molecule has 0 spiro atoms. The fourth-order valence-corrected chi connectivity index (χ4v) is 2.75. The second kappa shape index (κ2) is 5.15. The fourth-order valence-electron chi connectivity index (χ4n) is 2.53. The minimum Gasteiger partial charge on any atom is -0.370 e. The third-order valence-electron chi connectivity index (χ3n) is 3.48. The van der Waals surface area contributed by atoms with E-state index in [1.54, 1.807) is 0 Å². The number of morpholine rings is 1. The van der Waals surface area contributed by atoms with Gasteiger partial charge in [-0.05, 0) is 37.3 Å². The van der Waals surface area contributed by atoms with Crippen molar-refractivity contribution in [3.63, 3.8) is 0 Å². The molecule has 0 aromatic heterocycles. The smallest absolute Gasteiger partial charge is 0.248 e. The van der Waals surface area contributed by atoms with Crippen LogP contribution in [0, 0.1) is 5.92 Å². The molecule has 2 rings (SSSR count). The van der Waals surface area contributed by atoms with Crippen LogP contribution in [-0.2, 0) is 14.3 Å². The van der Waals surface area contributed by atoms with Gasteiger partial charge in [-0.1, -0.05) is 0 Å². The Morgan fingerprint density at radius 1 is 1.31 bits per heavy atom. The first-order chi connectivity index (χ1) is 7.68. The number of carbonyl (C=O) groups excluding carboxylic acids is 2. The van der Waals surface area contributed by atoms with Crippen LogP contribution in [0.3, 0.4) is 0 Å². The SMILES string of the molecule is O=C(Cl)C1CCC(N2CCOCC2=O)CC1. The van der Waals surface area contributed by atoms with Gasteiger partial charge in [-0.2, -0.15) is 0 Å². The Kier molecular flexibility index (Phi) is 3.82. The second-order valence-corrected chi connectivity index (χ2v) is 4.82. The Labute approximate surface area is 99.9 Å². The Bertz CT molecular complexity index is 287. The van der Waals surface area contributed by atoms with E-state index in [0.717, 1.165) is 25.7 Å². The number of halogens is 1. The molecule has 1 aliphatic carbocycles. The predicted molar refractivity (Wildman–Crippen MR) is 59.1 cm³/mol. The lowest BCUT2D eigenvalue weighted by Crippen LogP contribution is -2.49. The molecule has 0 radical (unpaired) electrons. The molecule has 0 bridgehead atoms. The van der Waals surface area contributed by atoms with E-state index in [1.165, 1.54) is 0 Å². The van der Waals surface area contributed by atoms with Crippen LogP contribution >= 0.6 is 11.6 Å². The summed E-state index contributed by atoms with van der Waals surface area (Å²) >= 11 is 5.48. The van der Waals surface area contributed by atoms with Gasteiger partial charge in [0.25, 0.3) is 0 Å². The highest BCUT2D eigenvalue weighted by atomic mass is 35.5. The van der Waals surface area contributed by atoms with Crippen molar-refractivity contribution in [3.05, 3.63) is 0 Å². The van der Waals surface area contributed by atoms with Crippen LogP contribution in [0.2, 0.25) is 0 Å². The summed E-state index contributed by atoms with van der Waals surface area (Å²) < 4.78 is 5.10. The zero-order valence-electron chi connectivity index (χ0n) is 9.15. The normalized spacial score (nSPS) is 31.6. The van der Waals surface area contributed by atoms with Gasteiger partial charge in [0.2, 0.25) is 11.1 Å². The summed E-state index contributed by atoms with van der Waals surface area (Å²) in [6.07, 6.45) is 3.37. The first-order valence-corrected chi connectivity index (χ1v) is 6.13. The lowest BCUT2D eigenvalue weighted by Gasteiger charge is -2.38. The average molecular weight is 246 g/mol. The van der Waals surface area contributed by atoms with Gasteiger partial charge in [-0.3, -0.25) is 9.59 Å². The summed E-state index contributed by atoms with van der Waals surface area (Å²) in [6.45, 7) is 1.51. The first-order valence-electron chi connectivity index (χ1n) is 5.75. The van der Waals surface area contributed by atoms with Gasteiger partial charge in [0.15, 0.2) is 0 Å². The molecule has 1 heterocycles. The monoisotopic (exact) mass is 245 g/mol. The van der Waals surface area contributed by atoms with Gasteiger partial charge in [0.05, 0.1) is 6.61 Å². The van der Waals surface area contributed by atoms with Crippen molar-refractivity contribution < 1.29 is 14.3 Å². The van der Waals surface area contributed by atoms with Crippen molar-refractivity contribution in [2.24, 2.45) is 5.92 Å². The number of nitrogens with zero attached hydrogens (tertiary/aromatic N) is 1. The Balaban J connectivity index is 1.88. The molecule has 0 aromatic rings. The van der Waals surface area contributed by atoms with Crippen LogP contribution in [0.25, 0.3) is 0 Å². The van der Waals surface area contributed by atoms with Crippen molar-refractivity contribution >= 4 is 22.8 Å². The van der Waals surface area contributed by atoms with Crippen LogP contribution in [0.15, 0.2) is 0 Å². The second-order valence-electron chi connectivity index (χ2n) is 4.45. The third-order valence-corrected chi connectivity index (χ3v) is 3.79. The largest absolute Gasteiger partial charge is 0.370 e. The van der Waals surface area contributed by atoms with Crippen molar-refractivity contribution in [3.8, 4) is 0 Å². The number of rotatable bonds is 2. The predicted octanol–water partition coefficient (Wildman–Crippen LogP) is 1.17. The molecule has 0 unspecified atom stereocenters. The fraction of sp³-hybridized carbons (Fsp3) is 0.818. The van der Waals surface area contributed by atoms with Crippen LogP contribution < -0.4 is 0 Å². The number of amides is 1. The van der Waals surface area contributed by atoms with Crippen LogP contribution in [-0.4, -0.2) is 41.8 Å². The van der Waals surface area contributed by atoms with E-state index in [4.69, 9.17) is 16.3 Å². The van der Waals surface area contributed by atoms with Crippen LogP contribution in [0.4, 0.5) is 0 Å². The molecular formula is C11H16ClNO3. The standard InChI is InChI=1S/C11H16ClNO3/c12-11(15)8-1-3-9(4-2-8)13-5-6-16-7-10(13)14/h8-9H,1-7H2. The van der Waals surface area contributed by atoms with Crippen molar-refractivity contribution in [2.45, 2.75) is 31.7 Å². The van der Waals surface area contributed by atoms with Gasteiger partial charge in [0.1, 0.15) is 6.61 Å². The summed E-state index contributed by atoms with van der Waals surface area (Å²) in [5.41, 5.74) is 0. The van der Waals surface area contributed by atoms with E-state index in [1.807, 2.05) is 4.90 Å². The maximum absolute atomic E-state index is 11.6. The Hall–Kier alpha value is -0.610. The molecule has 0 atom stereocenters. The summed E-state index contributed by atoms with van der Waals surface area (Å²) in [7, 11) is 0. The maximum Gasteiger partial charge on any atom is 0.248 e. The lowest BCUT2D eigenvalue weighted by molar-refractivity contribution is -0.146. The van der Waals surface area contributed by atoms with E-state index < -0.39 is 0 Å². The number of hydrogen-bond donors (Lipinski definition) is 0.